The van der Waals surface area contributed by atoms with E-state index in [0.717, 1.165) is 13.0 Å². The van der Waals surface area contributed by atoms with Crippen molar-refractivity contribution in [3.63, 3.8) is 0 Å². The topological polar surface area (TPSA) is 26.0 Å². The molecule has 1 heterocycles. The van der Waals surface area contributed by atoms with E-state index in [4.69, 9.17) is 5.73 Å². The van der Waals surface area contributed by atoms with Crippen molar-refractivity contribution in [3.8, 4) is 0 Å². The van der Waals surface area contributed by atoms with Crippen LogP contribution in [0.1, 0.15) is 29.7 Å². The molecule has 1 nitrogen and oxygen atoms in total. The molecule has 0 aliphatic rings. The van der Waals surface area contributed by atoms with Crippen LogP contribution >= 0.6 is 23.1 Å². The van der Waals surface area contributed by atoms with Gasteiger partial charge in [-0.05, 0) is 55.6 Å². The summed E-state index contributed by atoms with van der Waals surface area (Å²) in [5.41, 5.74) is 7.02. The molecule has 0 amide bonds. The number of nitrogens with two attached hydrogens (primary N) is 1. The van der Waals surface area contributed by atoms with Crippen LogP contribution in [-0.4, -0.2) is 6.54 Å². The molecule has 1 aromatic heterocycles. The van der Waals surface area contributed by atoms with Crippen molar-refractivity contribution in [2.45, 2.75) is 35.3 Å². The molecule has 1 unspecified atom stereocenters. The molecule has 2 rings (SSSR count). The van der Waals surface area contributed by atoms with Crippen LogP contribution in [0.15, 0.2) is 45.5 Å². The van der Waals surface area contributed by atoms with Gasteiger partial charge in [0, 0.05) is 9.77 Å². The smallest absolute Gasteiger partial charge is 0.0649 e. The number of thiophene rings is 1. The summed E-state index contributed by atoms with van der Waals surface area (Å²) in [4.78, 5) is 2.68. The first-order chi connectivity index (χ1) is 8.69. The minimum absolute atomic E-state index is 0.542. The highest BCUT2D eigenvalue weighted by Crippen LogP contribution is 2.34. The van der Waals surface area contributed by atoms with E-state index in [1.807, 2.05) is 23.1 Å². The standard InChI is InChI=1S/C15H19NS2/c1-11(8-9-16)13-4-3-5-14(10-13)18-15-7-6-12(2)17-15/h3-7,10-11H,8-9,16H2,1-2H3. The van der Waals surface area contributed by atoms with Crippen molar-refractivity contribution in [1.82, 2.24) is 0 Å². The minimum Gasteiger partial charge on any atom is -0.330 e. The molecule has 0 radical (unpaired) electrons. The van der Waals surface area contributed by atoms with E-state index in [1.165, 1.54) is 19.5 Å². The highest BCUT2D eigenvalue weighted by Gasteiger charge is 2.06. The van der Waals surface area contributed by atoms with Crippen LogP contribution in [0, 0.1) is 6.92 Å². The molecule has 1 aromatic carbocycles. The lowest BCUT2D eigenvalue weighted by molar-refractivity contribution is 0.688. The third-order valence-electron chi connectivity index (χ3n) is 2.96. The SMILES string of the molecule is Cc1ccc(Sc2cccc(C(C)CCN)c2)s1. The Balaban J connectivity index is 2.12. The Kier molecular flexibility index (Phi) is 4.87. The fourth-order valence-electron chi connectivity index (χ4n) is 1.88. The molecule has 18 heavy (non-hydrogen) atoms. The van der Waals surface area contributed by atoms with Gasteiger partial charge < -0.3 is 5.73 Å². The number of rotatable bonds is 5. The van der Waals surface area contributed by atoms with Crippen LogP contribution in [0.5, 0.6) is 0 Å². The normalized spacial score (nSPS) is 12.6. The van der Waals surface area contributed by atoms with Crippen LogP contribution in [0.2, 0.25) is 0 Å². The maximum atomic E-state index is 5.63. The summed E-state index contributed by atoms with van der Waals surface area (Å²) in [6.07, 6.45) is 1.05. The zero-order chi connectivity index (χ0) is 13.0. The molecule has 3 heteroatoms. The Morgan fingerprint density at radius 3 is 2.78 bits per heavy atom. The van der Waals surface area contributed by atoms with Gasteiger partial charge in [-0.3, -0.25) is 0 Å². The Morgan fingerprint density at radius 1 is 1.28 bits per heavy atom. The first kappa shape index (κ1) is 13.7. The van der Waals surface area contributed by atoms with Gasteiger partial charge >= 0.3 is 0 Å². The van der Waals surface area contributed by atoms with Gasteiger partial charge in [0.1, 0.15) is 0 Å². The maximum Gasteiger partial charge on any atom is 0.0649 e. The zero-order valence-corrected chi connectivity index (χ0v) is 12.5. The molecule has 0 saturated carbocycles. The largest absolute Gasteiger partial charge is 0.330 e. The molecule has 2 N–H and O–H groups in total. The lowest BCUT2D eigenvalue weighted by Crippen LogP contribution is -2.04. The molecular weight excluding hydrogens is 258 g/mol. The van der Waals surface area contributed by atoms with E-state index in [-0.39, 0.29) is 0 Å². The Bertz CT molecular complexity index is 505. The van der Waals surface area contributed by atoms with Crippen molar-refractivity contribution >= 4 is 23.1 Å². The van der Waals surface area contributed by atoms with E-state index >= 15 is 0 Å². The van der Waals surface area contributed by atoms with Gasteiger partial charge in [0.05, 0.1) is 4.21 Å². The third kappa shape index (κ3) is 3.61. The summed E-state index contributed by atoms with van der Waals surface area (Å²) < 4.78 is 1.36. The van der Waals surface area contributed by atoms with Gasteiger partial charge in [0.15, 0.2) is 0 Å². The second kappa shape index (κ2) is 6.41. The molecule has 0 aliphatic heterocycles. The fourth-order valence-corrected chi connectivity index (χ4v) is 4.03. The van der Waals surface area contributed by atoms with E-state index in [0.29, 0.717) is 5.92 Å². The average Bonchev–Trinajstić information content (AvgIpc) is 2.75. The van der Waals surface area contributed by atoms with Crippen LogP contribution in [0.3, 0.4) is 0 Å². The minimum atomic E-state index is 0.542. The highest BCUT2D eigenvalue weighted by atomic mass is 32.2. The summed E-state index contributed by atoms with van der Waals surface area (Å²) in [5, 5.41) is 0. The second-order valence-electron chi connectivity index (χ2n) is 4.52. The average molecular weight is 277 g/mol. The van der Waals surface area contributed by atoms with Gasteiger partial charge in [-0.2, -0.15) is 0 Å². The second-order valence-corrected chi connectivity index (χ2v) is 7.18. The van der Waals surface area contributed by atoms with E-state index in [2.05, 4.69) is 50.2 Å². The molecular formula is C15H19NS2. The Hall–Kier alpha value is -0.770. The Morgan fingerprint density at radius 2 is 2.11 bits per heavy atom. The first-order valence-electron chi connectivity index (χ1n) is 6.23. The predicted octanol–water partition coefficient (Wildman–Crippen LogP) is 4.66. The first-order valence-corrected chi connectivity index (χ1v) is 7.86. The van der Waals surface area contributed by atoms with Crippen molar-refractivity contribution in [2.75, 3.05) is 6.54 Å². The van der Waals surface area contributed by atoms with Crippen LogP contribution in [-0.2, 0) is 0 Å². The number of hydrogen-bond acceptors (Lipinski definition) is 3. The van der Waals surface area contributed by atoms with Gasteiger partial charge in [-0.15, -0.1) is 11.3 Å². The summed E-state index contributed by atoms with van der Waals surface area (Å²) >= 11 is 3.70. The summed E-state index contributed by atoms with van der Waals surface area (Å²) in [5.74, 6) is 0.542. The van der Waals surface area contributed by atoms with Crippen molar-refractivity contribution < 1.29 is 0 Å². The van der Waals surface area contributed by atoms with Gasteiger partial charge in [-0.1, -0.05) is 30.8 Å². The van der Waals surface area contributed by atoms with Crippen LogP contribution in [0.4, 0.5) is 0 Å². The lowest BCUT2D eigenvalue weighted by Gasteiger charge is -2.11. The highest BCUT2D eigenvalue weighted by molar-refractivity contribution is 8.01. The molecule has 2 aromatic rings. The third-order valence-corrected chi connectivity index (χ3v) is 5.08. The van der Waals surface area contributed by atoms with Gasteiger partial charge in [-0.25, -0.2) is 0 Å². The van der Waals surface area contributed by atoms with Gasteiger partial charge in [0.2, 0.25) is 0 Å². The van der Waals surface area contributed by atoms with Crippen molar-refractivity contribution in [1.29, 1.82) is 0 Å². The summed E-state index contributed by atoms with van der Waals surface area (Å²) in [7, 11) is 0. The fraction of sp³-hybridized carbons (Fsp3) is 0.333. The van der Waals surface area contributed by atoms with E-state index in [1.54, 1.807) is 0 Å². The summed E-state index contributed by atoms with van der Waals surface area (Å²) in [6.45, 7) is 5.14. The molecule has 0 fully saturated rings. The summed E-state index contributed by atoms with van der Waals surface area (Å²) in [6, 6.07) is 13.2. The molecule has 0 bridgehead atoms. The lowest BCUT2D eigenvalue weighted by atomic mass is 9.98. The number of benzene rings is 1. The van der Waals surface area contributed by atoms with Crippen molar-refractivity contribution in [2.24, 2.45) is 5.73 Å². The van der Waals surface area contributed by atoms with E-state index in [9.17, 15) is 0 Å². The maximum absolute atomic E-state index is 5.63. The van der Waals surface area contributed by atoms with Gasteiger partial charge in [0.25, 0.3) is 0 Å². The number of hydrogen-bond donors (Lipinski definition) is 1. The Labute approximate surface area is 117 Å². The monoisotopic (exact) mass is 277 g/mol. The number of aryl methyl sites for hydroxylation is 1. The van der Waals surface area contributed by atoms with Crippen molar-refractivity contribution in [3.05, 3.63) is 46.8 Å². The van der Waals surface area contributed by atoms with Crippen LogP contribution in [0.25, 0.3) is 0 Å². The van der Waals surface area contributed by atoms with Crippen LogP contribution < -0.4 is 5.73 Å². The predicted molar refractivity (Wildman–Crippen MR) is 81.7 cm³/mol. The molecule has 96 valence electrons. The molecule has 1 atom stereocenters. The molecule has 0 spiro atoms. The zero-order valence-electron chi connectivity index (χ0n) is 10.8. The van der Waals surface area contributed by atoms with E-state index < -0.39 is 0 Å². The molecule has 0 saturated heterocycles. The quantitative estimate of drug-likeness (QED) is 0.860. The molecule has 0 aliphatic carbocycles.